The van der Waals surface area contributed by atoms with Gasteiger partial charge in [-0.25, -0.2) is 0 Å². The van der Waals surface area contributed by atoms with Gasteiger partial charge in [-0.2, -0.15) is 0 Å². The van der Waals surface area contributed by atoms with Gasteiger partial charge >= 0.3 is 0 Å². The number of aromatic nitrogens is 1. The third kappa shape index (κ3) is 1.96. The average molecular weight is 193 g/mol. The molecule has 4 N–H and O–H groups in total. The fourth-order valence-corrected chi connectivity index (χ4v) is 1.88. The minimum Gasteiger partial charge on any atom is -0.367 e. The van der Waals surface area contributed by atoms with Crippen molar-refractivity contribution in [1.82, 2.24) is 10.3 Å². The molecule has 76 valence electrons. The number of H-pyrrole nitrogens is 1. The highest BCUT2D eigenvalue weighted by molar-refractivity contribution is 5.94. The zero-order valence-electron chi connectivity index (χ0n) is 7.99. The molecule has 0 radical (unpaired) electrons. The number of carbonyl (C=O) groups is 1. The van der Waals surface area contributed by atoms with Crippen molar-refractivity contribution in [3.8, 4) is 0 Å². The van der Waals surface area contributed by atoms with Crippen LogP contribution >= 0.6 is 0 Å². The Labute approximate surface area is 82.9 Å². The van der Waals surface area contributed by atoms with Crippen molar-refractivity contribution in [2.45, 2.75) is 31.3 Å². The maximum Gasteiger partial charge on any atom is 0.253 e. The Bertz CT molecular complexity index is 307. The Hall–Kier alpha value is -1.29. The van der Waals surface area contributed by atoms with Crippen molar-refractivity contribution in [2.24, 2.45) is 5.73 Å². The van der Waals surface area contributed by atoms with Crippen LogP contribution in [0.25, 0.3) is 0 Å². The quantitative estimate of drug-likeness (QED) is 0.644. The molecular weight excluding hydrogens is 178 g/mol. The fourth-order valence-electron chi connectivity index (χ4n) is 1.88. The summed E-state index contributed by atoms with van der Waals surface area (Å²) in [6, 6.07) is 2.28. The van der Waals surface area contributed by atoms with E-state index in [-0.39, 0.29) is 18.0 Å². The average Bonchev–Trinajstić information content (AvgIpc) is 2.75. The molecule has 0 saturated heterocycles. The number of hydrogen-bond acceptors (Lipinski definition) is 2. The second-order valence-corrected chi connectivity index (χ2v) is 3.84. The van der Waals surface area contributed by atoms with Gasteiger partial charge in [0, 0.05) is 24.5 Å². The van der Waals surface area contributed by atoms with Crippen molar-refractivity contribution in [3.05, 3.63) is 24.0 Å². The van der Waals surface area contributed by atoms with E-state index in [0.29, 0.717) is 5.56 Å². The molecule has 4 nitrogen and oxygen atoms in total. The van der Waals surface area contributed by atoms with Gasteiger partial charge in [-0.3, -0.25) is 4.79 Å². The molecule has 0 bridgehead atoms. The number of carbonyl (C=O) groups excluding carboxylic acids is 1. The number of aromatic amines is 1. The van der Waals surface area contributed by atoms with E-state index in [1.165, 1.54) is 0 Å². The van der Waals surface area contributed by atoms with Gasteiger partial charge in [-0.1, -0.05) is 0 Å². The van der Waals surface area contributed by atoms with E-state index in [1.54, 1.807) is 18.5 Å². The maximum atomic E-state index is 11.6. The zero-order chi connectivity index (χ0) is 9.97. The van der Waals surface area contributed by atoms with E-state index in [0.717, 1.165) is 19.3 Å². The predicted octanol–water partition coefficient (Wildman–Crippen LogP) is 0.624. The second kappa shape index (κ2) is 3.84. The van der Waals surface area contributed by atoms with Crippen molar-refractivity contribution < 1.29 is 4.79 Å². The SMILES string of the molecule is NC1CCC(NC(=O)c2cc[nH]c2)C1. The highest BCUT2D eigenvalue weighted by atomic mass is 16.1. The molecule has 1 fully saturated rings. The van der Waals surface area contributed by atoms with Crippen LogP contribution in [0.4, 0.5) is 0 Å². The van der Waals surface area contributed by atoms with E-state index in [2.05, 4.69) is 10.3 Å². The molecule has 1 aliphatic rings. The molecule has 2 atom stereocenters. The summed E-state index contributed by atoms with van der Waals surface area (Å²) in [5.74, 6) is -0.00894. The van der Waals surface area contributed by atoms with Crippen LogP contribution < -0.4 is 11.1 Å². The summed E-state index contributed by atoms with van der Waals surface area (Å²) in [6.45, 7) is 0. The van der Waals surface area contributed by atoms with Crippen LogP contribution in [0.3, 0.4) is 0 Å². The van der Waals surface area contributed by atoms with Crippen LogP contribution in [0.1, 0.15) is 29.6 Å². The summed E-state index contributed by atoms with van der Waals surface area (Å²) in [5, 5.41) is 2.97. The molecule has 1 heterocycles. The molecule has 1 amide bonds. The Morgan fingerprint density at radius 1 is 1.57 bits per heavy atom. The summed E-state index contributed by atoms with van der Waals surface area (Å²) in [7, 11) is 0. The molecule has 2 rings (SSSR count). The van der Waals surface area contributed by atoms with Crippen LogP contribution in [-0.2, 0) is 0 Å². The van der Waals surface area contributed by atoms with Gasteiger partial charge in [0.1, 0.15) is 0 Å². The first-order chi connectivity index (χ1) is 6.75. The monoisotopic (exact) mass is 193 g/mol. The molecule has 1 aromatic heterocycles. The van der Waals surface area contributed by atoms with Crippen molar-refractivity contribution in [3.63, 3.8) is 0 Å². The van der Waals surface area contributed by atoms with Crippen LogP contribution in [0, 0.1) is 0 Å². The van der Waals surface area contributed by atoms with Crippen molar-refractivity contribution >= 4 is 5.91 Å². The minimum absolute atomic E-state index is 0.00894. The summed E-state index contributed by atoms with van der Waals surface area (Å²) in [4.78, 5) is 14.5. The summed E-state index contributed by atoms with van der Waals surface area (Å²) >= 11 is 0. The number of rotatable bonds is 2. The molecule has 4 heteroatoms. The van der Waals surface area contributed by atoms with E-state index in [4.69, 9.17) is 5.73 Å². The number of nitrogens with two attached hydrogens (primary N) is 1. The molecule has 2 unspecified atom stereocenters. The summed E-state index contributed by atoms with van der Waals surface area (Å²) in [6.07, 6.45) is 6.35. The largest absolute Gasteiger partial charge is 0.367 e. The normalized spacial score (nSPS) is 26.4. The number of amides is 1. The van der Waals surface area contributed by atoms with E-state index >= 15 is 0 Å². The Morgan fingerprint density at radius 2 is 2.43 bits per heavy atom. The topological polar surface area (TPSA) is 70.9 Å². The van der Waals surface area contributed by atoms with Gasteiger partial charge in [-0.05, 0) is 25.3 Å². The molecule has 0 aromatic carbocycles. The third-order valence-corrected chi connectivity index (χ3v) is 2.67. The lowest BCUT2D eigenvalue weighted by atomic mass is 10.2. The van der Waals surface area contributed by atoms with Crippen LogP contribution in [0.2, 0.25) is 0 Å². The van der Waals surface area contributed by atoms with E-state index in [1.807, 2.05) is 0 Å². The predicted molar refractivity (Wildman–Crippen MR) is 53.9 cm³/mol. The molecule has 0 spiro atoms. The van der Waals surface area contributed by atoms with Crippen molar-refractivity contribution in [1.29, 1.82) is 0 Å². The minimum atomic E-state index is -0.00894. The smallest absolute Gasteiger partial charge is 0.253 e. The fraction of sp³-hybridized carbons (Fsp3) is 0.500. The molecular formula is C10H15N3O. The second-order valence-electron chi connectivity index (χ2n) is 3.84. The first-order valence-corrected chi connectivity index (χ1v) is 4.95. The first kappa shape index (κ1) is 9.27. The summed E-state index contributed by atoms with van der Waals surface area (Å²) < 4.78 is 0. The Balaban J connectivity index is 1.89. The van der Waals surface area contributed by atoms with Crippen LogP contribution in [0.5, 0.6) is 0 Å². The molecule has 0 aliphatic heterocycles. The van der Waals surface area contributed by atoms with Gasteiger partial charge in [0.15, 0.2) is 0 Å². The first-order valence-electron chi connectivity index (χ1n) is 4.95. The van der Waals surface area contributed by atoms with Gasteiger partial charge < -0.3 is 16.0 Å². The number of hydrogen-bond donors (Lipinski definition) is 3. The van der Waals surface area contributed by atoms with Crippen LogP contribution in [0.15, 0.2) is 18.5 Å². The van der Waals surface area contributed by atoms with Crippen LogP contribution in [-0.4, -0.2) is 23.0 Å². The zero-order valence-corrected chi connectivity index (χ0v) is 7.99. The summed E-state index contributed by atoms with van der Waals surface area (Å²) in [5.41, 5.74) is 6.45. The lowest BCUT2D eigenvalue weighted by Gasteiger charge is -2.11. The van der Waals surface area contributed by atoms with Gasteiger partial charge in [0.05, 0.1) is 5.56 Å². The highest BCUT2D eigenvalue weighted by Crippen LogP contribution is 2.17. The molecule has 1 aliphatic carbocycles. The van der Waals surface area contributed by atoms with E-state index in [9.17, 15) is 4.79 Å². The highest BCUT2D eigenvalue weighted by Gasteiger charge is 2.23. The molecule has 14 heavy (non-hydrogen) atoms. The Morgan fingerprint density at radius 3 is 3.00 bits per heavy atom. The van der Waals surface area contributed by atoms with Gasteiger partial charge in [-0.15, -0.1) is 0 Å². The van der Waals surface area contributed by atoms with E-state index < -0.39 is 0 Å². The standard InChI is InChI=1S/C10H15N3O/c11-8-1-2-9(5-8)13-10(14)7-3-4-12-6-7/h3-4,6,8-9,12H,1-2,5,11H2,(H,13,14). The molecule has 1 aromatic rings. The van der Waals surface area contributed by atoms with Gasteiger partial charge in [0.2, 0.25) is 0 Å². The van der Waals surface area contributed by atoms with Crippen molar-refractivity contribution in [2.75, 3.05) is 0 Å². The maximum absolute atomic E-state index is 11.6. The Kier molecular flexibility index (Phi) is 2.54. The lowest BCUT2D eigenvalue weighted by molar-refractivity contribution is 0.0938. The third-order valence-electron chi connectivity index (χ3n) is 2.67. The number of nitrogens with one attached hydrogen (secondary N) is 2. The lowest BCUT2D eigenvalue weighted by Crippen LogP contribution is -2.33. The van der Waals surface area contributed by atoms with Gasteiger partial charge in [0.25, 0.3) is 5.91 Å². The molecule has 1 saturated carbocycles.